The van der Waals surface area contributed by atoms with Gasteiger partial charge in [-0.15, -0.1) is 0 Å². The fraction of sp³-hybridized carbons (Fsp3) is 0.0159. The quantitative estimate of drug-likeness (QED) is 0.160. The van der Waals surface area contributed by atoms with Crippen LogP contribution in [0.5, 0.6) is 0 Å². The van der Waals surface area contributed by atoms with Crippen LogP contribution in [0.2, 0.25) is 0 Å². The summed E-state index contributed by atoms with van der Waals surface area (Å²) < 4.78 is 6.53. The van der Waals surface area contributed by atoms with E-state index in [4.69, 9.17) is 14.4 Å². The average molecular weight is 841 g/mol. The first-order valence-corrected chi connectivity index (χ1v) is 22.6. The summed E-state index contributed by atoms with van der Waals surface area (Å²) >= 11 is 0. The Hall–Kier alpha value is -8.66. The first kappa shape index (κ1) is 37.9. The van der Waals surface area contributed by atoms with Crippen LogP contribution >= 0.6 is 0 Å². The van der Waals surface area contributed by atoms with Crippen LogP contribution in [0.1, 0.15) is 22.3 Å². The molecule has 12 aromatic rings. The molecular weight excluding hydrogens is 801 g/mol. The maximum Gasteiger partial charge on any atom is 0.160 e. The predicted molar refractivity (Wildman–Crippen MR) is 271 cm³/mol. The van der Waals surface area contributed by atoms with Crippen LogP contribution in [-0.2, 0) is 5.41 Å². The fourth-order valence-electron chi connectivity index (χ4n) is 10.7. The topological polar surface area (TPSA) is 38.9 Å². The highest BCUT2D eigenvalue weighted by atomic mass is 16.3. The van der Waals surface area contributed by atoms with Crippen molar-refractivity contribution in [2.24, 2.45) is 0 Å². The van der Waals surface area contributed by atoms with Crippen molar-refractivity contribution in [3.63, 3.8) is 0 Å². The van der Waals surface area contributed by atoms with E-state index in [0.717, 1.165) is 71.9 Å². The number of hydrogen-bond donors (Lipinski definition) is 0. The molecule has 13 rings (SSSR count). The Bertz CT molecular complexity index is 3780. The lowest BCUT2D eigenvalue weighted by atomic mass is 9.67. The van der Waals surface area contributed by atoms with E-state index in [1.54, 1.807) is 0 Å². The zero-order valence-electron chi connectivity index (χ0n) is 35.9. The summed E-state index contributed by atoms with van der Waals surface area (Å²) in [5.41, 5.74) is 18.2. The molecule has 0 unspecified atom stereocenters. The van der Waals surface area contributed by atoms with Gasteiger partial charge in [-0.25, -0.2) is 9.97 Å². The molecule has 10 aromatic carbocycles. The lowest BCUT2D eigenvalue weighted by Crippen LogP contribution is -2.28. The molecule has 0 spiro atoms. The number of aromatic nitrogens is 2. The first-order chi connectivity index (χ1) is 32.7. The van der Waals surface area contributed by atoms with Crippen LogP contribution in [0.4, 0.5) is 0 Å². The molecule has 0 bridgehead atoms. The maximum atomic E-state index is 6.53. The molecule has 0 N–H and O–H groups in total. The van der Waals surface area contributed by atoms with Gasteiger partial charge in [0.15, 0.2) is 5.82 Å². The molecule has 3 nitrogen and oxygen atoms in total. The minimum Gasteiger partial charge on any atom is -0.455 e. The lowest BCUT2D eigenvalue weighted by molar-refractivity contribution is 0.670. The molecule has 2 heterocycles. The highest BCUT2D eigenvalue weighted by molar-refractivity contribution is 6.10. The third-order valence-corrected chi connectivity index (χ3v) is 13.6. The van der Waals surface area contributed by atoms with Gasteiger partial charge in [-0.3, -0.25) is 0 Å². The minimum atomic E-state index is -0.464. The summed E-state index contributed by atoms with van der Waals surface area (Å²) in [5, 5.41) is 4.44. The molecule has 2 aromatic heterocycles. The Labute approximate surface area is 383 Å². The van der Waals surface area contributed by atoms with Gasteiger partial charge >= 0.3 is 0 Å². The third kappa shape index (κ3) is 5.91. The highest BCUT2D eigenvalue weighted by Crippen LogP contribution is 2.56. The number of rotatable bonds is 7. The Kier molecular flexibility index (Phi) is 8.75. The normalized spacial score (nSPS) is 12.7. The monoisotopic (exact) mass is 840 g/mol. The first-order valence-electron chi connectivity index (χ1n) is 22.6. The standard InChI is InChI=1S/C63H40N2O/c1-4-18-41(19-5-1)62-64-58(40-59(65-62)55-31-17-30-54-53-29-13-15-33-60(53)66-61(54)55)52-37-36-47(48-26-10-11-27-49(48)52)44-21-16-20-42(38-44)43-34-35-51-50-28-12-14-32-56(50)63(57(51)39-43,45-22-6-2-7-23-45)46-24-8-3-9-25-46/h1-40H. The Morgan fingerprint density at radius 1 is 0.303 bits per heavy atom. The van der Waals surface area contributed by atoms with E-state index in [9.17, 15) is 0 Å². The summed E-state index contributed by atoms with van der Waals surface area (Å²) in [7, 11) is 0. The van der Waals surface area contributed by atoms with Crippen LogP contribution in [-0.4, -0.2) is 9.97 Å². The minimum absolute atomic E-state index is 0.464. The summed E-state index contributed by atoms with van der Waals surface area (Å²) in [4.78, 5) is 10.5. The van der Waals surface area contributed by atoms with E-state index in [1.807, 2.05) is 30.3 Å². The molecule has 0 atom stereocenters. The van der Waals surface area contributed by atoms with E-state index < -0.39 is 5.41 Å². The second-order valence-electron chi connectivity index (χ2n) is 17.2. The smallest absolute Gasteiger partial charge is 0.160 e. The SMILES string of the molecule is c1ccc(-c2nc(-c3ccc(-c4cccc(-c5ccc6c(c5)C(c5ccccc5)(c5ccccc5)c5ccccc5-6)c4)c4ccccc34)cc(-c3cccc4c3oc3ccccc34)n2)cc1. The molecule has 0 aliphatic heterocycles. The van der Waals surface area contributed by atoms with Crippen molar-refractivity contribution in [2.45, 2.75) is 5.41 Å². The molecule has 0 amide bonds. The van der Waals surface area contributed by atoms with Crippen LogP contribution in [0.15, 0.2) is 247 Å². The van der Waals surface area contributed by atoms with Gasteiger partial charge in [0, 0.05) is 27.5 Å². The largest absolute Gasteiger partial charge is 0.455 e. The second kappa shape index (κ2) is 15.3. The van der Waals surface area contributed by atoms with Crippen molar-refractivity contribution < 1.29 is 4.42 Å². The molecule has 3 heteroatoms. The van der Waals surface area contributed by atoms with E-state index >= 15 is 0 Å². The molecule has 0 saturated carbocycles. The van der Waals surface area contributed by atoms with Crippen LogP contribution in [0.3, 0.4) is 0 Å². The fourth-order valence-corrected chi connectivity index (χ4v) is 10.7. The van der Waals surface area contributed by atoms with Gasteiger partial charge in [0.05, 0.1) is 16.8 Å². The molecule has 308 valence electrons. The van der Waals surface area contributed by atoms with Gasteiger partial charge in [-0.05, 0) is 96.7 Å². The molecule has 0 fully saturated rings. The number of benzene rings is 10. The van der Waals surface area contributed by atoms with Crippen molar-refractivity contribution in [1.29, 1.82) is 0 Å². The maximum absolute atomic E-state index is 6.53. The molecular formula is C63H40N2O. The van der Waals surface area contributed by atoms with Crippen LogP contribution < -0.4 is 0 Å². The summed E-state index contributed by atoms with van der Waals surface area (Å²) in [6, 6.07) is 87.1. The number of hydrogen-bond acceptors (Lipinski definition) is 3. The number of para-hydroxylation sites is 2. The predicted octanol–water partition coefficient (Wildman–Crippen LogP) is 16.2. The summed E-state index contributed by atoms with van der Waals surface area (Å²) in [6.07, 6.45) is 0. The highest BCUT2D eigenvalue weighted by Gasteiger charge is 2.46. The third-order valence-electron chi connectivity index (χ3n) is 13.6. The Morgan fingerprint density at radius 2 is 0.818 bits per heavy atom. The number of furan rings is 1. The number of nitrogens with zero attached hydrogens (tertiary/aromatic N) is 2. The Morgan fingerprint density at radius 3 is 1.59 bits per heavy atom. The average Bonchev–Trinajstić information content (AvgIpc) is 3.93. The van der Waals surface area contributed by atoms with Crippen molar-refractivity contribution in [1.82, 2.24) is 9.97 Å². The van der Waals surface area contributed by atoms with Gasteiger partial charge < -0.3 is 4.42 Å². The van der Waals surface area contributed by atoms with Gasteiger partial charge in [0.1, 0.15) is 11.2 Å². The van der Waals surface area contributed by atoms with E-state index in [-0.39, 0.29) is 0 Å². The van der Waals surface area contributed by atoms with Gasteiger partial charge in [-0.2, -0.15) is 0 Å². The van der Waals surface area contributed by atoms with Crippen molar-refractivity contribution in [3.8, 4) is 67.3 Å². The Balaban J connectivity index is 0.951. The van der Waals surface area contributed by atoms with E-state index in [2.05, 4.69) is 212 Å². The van der Waals surface area contributed by atoms with E-state index in [1.165, 1.54) is 44.5 Å². The van der Waals surface area contributed by atoms with Gasteiger partial charge in [0.25, 0.3) is 0 Å². The van der Waals surface area contributed by atoms with Crippen molar-refractivity contribution in [2.75, 3.05) is 0 Å². The van der Waals surface area contributed by atoms with Crippen LogP contribution in [0, 0.1) is 0 Å². The van der Waals surface area contributed by atoms with Crippen molar-refractivity contribution >= 4 is 32.7 Å². The molecule has 66 heavy (non-hydrogen) atoms. The van der Waals surface area contributed by atoms with E-state index in [0.29, 0.717) is 5.82 Å². The zero-order chi connectivity index (χ0) is 43.6. The second-order valence-corrected chi connectivity index (χ2v) is 17.2. The van der Waals surface area contributed by atoms with Gasteiger partial charge in [0.2, 0.25) is 0 Å². The molecule has 1 aliphatic carbocycles. The molecule has 1 aliphatic rings. The zero-order valence-corrected chi connectivity index (χ0v) is 35.9. The van der Waals surface area contributed by atoms with Crippen molar-refractivity contribution in [3.05, 3.63) is 265 Å². The number of fused-ring (bicyclic) bond motifs is 7. The summed E-state index contributed by atoms with van der Waals surface area (Å²) in [6.45, 7) is 0. The van der Waals surface area contributed by atoms with Crippen LogP contribution in [0.25, 0.3) is 100.0 Å². The lowest BCUT2D eigenvalue weighted by Gasteiger charge is -2.34. The van der Waals surface area contributed by atoms with Gasteiger partial charge in [-0.1, -0.05) is 212 Å². The molecule has 0 saturated heterocycles. The summed E-state index contributed by atoms with van der Waals surface area (Å²) in [5.74, 6) is 0.665. The molecule has 0 radical (unpaired) electrons.